The summed E-state index contributed by atoms with van der Waals surface area (Å²) in [5.74, 6) is 1.53. The van der Waals surface area contributed by atoms with Crippen LogP contribution in [0.2, 0.25) is 0 Å². The van der Waals surface area contributed by atoms with Crippen molar-refractivity contribution in [1.29, 1.82) is 5.26 Å². The number of hydrogen-bond donors (Lipinski definition) is 0. The molecule has 0 radical (unpaired) electrons. The summed E-state index contributed by atoms with van der Waals surface area (Å²) in [5, 5.41) is 9.58. The van der Waals surface area contributed by atoms with Gasteiger partial charge in [-0.3, -0.25) is 4.90 Å². The minimum atomic E-state index is -0.208. The largest absolute Gasteiger partial charge is 0.486 e. The normalized spacial score (nSPS) is 20.8. The molecule has 0 aliphatic carbocycles. The van der Waals surface area contributed by atoms with Crippen molar-refractivity contribution >= 4 is 0 Å². The molecule has 1 fully saturated rings. The van der Waals surface area contributed by atoms with E-state index >= 15 is 0 Å². The SMILES string of the molecule is CCN1CCN(C(C#N)c2ccc3c(c2)OCCO3)CC1. The maximum Gasteiger partial charge on any atom is 0.161 e. The van der Waals surface area contributed by atoms with Gasteiger partial charge >= 0.3 is 0 Å². The summed E-state index contributed by atoms with van der Waals surface area (Å²) < 4.78 is 11.2. The first kappa shape index (κ1) is 14.2. The van der Waals surface area contributed by atoms with Crippen LogP contribution in [0.15, 0.2) is 18.2 Å². The predicted octanol–water partition coefficient (Wildman–Crippen LogP) is 1.66. The molecule has 0 bridgehead atoms. The second kappa shape index (κ2) is 6.33. The Morgan fingerprint density at radius 1 is 1.14 bits per heavy atom. The molecule has 21 heavy (non-hydrogen) atoms. The molecule has 2 aliphatic rings. The second-order valence-electron chi connectivity index (χ2n) is 5.40. The van der Waals surface area contributed by atoms with Crippen molar-refractivity contribution in [3.63, 3.8) is 0 Å². The zero-order chi connectivity index (χ0) is 14.7. The molecule has 2 aliphatic heterocycles. The van der Waals surface area contributed by atoms with Crippen molar-refractivity contribution in [1.82, 2.24) is 9.80 Å². The summed E-state index contributed by atoms with van der Waals surface area (Å²) >= 11 is 0. The van der Waals surface area contributed by atoms with E-state index in [1.165, 1.54) is 0 Å². The molecule has 3 rings (SSSR count). The van der Waals surface area contributed by atoms with Crippen LogP contribution >= 0.6 is 0 Å². The van der Waals surface area contributed by atoms with Gasteiger partial charge in [0.15, 0.2) is 11.5 Å². The van der Waals surface area contributed by atoms with E-state index in [1.807, 2.05) is 18.2 Å². The van der Waals surface area contributed by atoms with E-state index in [2.05, 4.69) is 22.8 Å². The molecule has 0 aromatic heterocycles. The number of hydrogen-bond acceptors (Lipinski definition) is 5. The number of rotatable bonds is 3. The zero-order valence-electron chi connectivity index (χ0n) is 12.4. The number of nitrogens with zero attached hydrogens (tertiary/aromatic N) is 3. The molecule has 112 valence electrons. The van der Waals surface area contributed by atoms with E-state index < -0.39 is 0 Å². The van der Waals surface area contributed by atoms with Gasteiger partial charge in [-0.25, -0.2) is 0 Å². The average Bonchev–Trinajstić information content (AvgIpc) is 2.56. The standard InChI is InChI=1S/C16H21N3O2/c1-2-18-5-7-19(8-6-18)14(12-17)13-3-4-15-16(11-13)21-10-9-20-15/h3-4,11,14H,2,5-10H2,1H3. The quantitative estimate of drug-likeness (QED) is 0.846. The van der Waals surface area contributed by atoms with Gasteiger partial charge in [0.25, 0.3) is 0 Å². The summed E-state index contributed by atoms with van der Waals surface area (Å²) in [4.78, 5) is 4.66. The third-order valence-corrected chi connectivity index (χ3v) is 4.22. The highest BCUT2D eigenvalue weighted by Gasteiger charge is 2.25. The van der Waals surface area contributed by atoms with Crippen molar-refractivity contribution in [2.24, 2.45) is 0 Å². The van der Waals surface area contributed by atoms with Crippen molar-refractivity contribution in [3.05, 3.63) is 23.8 Å². The van der Waals surface area contributed by atoms with Crippen LogP contribution in [0.1, 0.15) is 18.5 Å². The highest BCUT2D eigenvalue weighted by atomic mass is 16.6. The fourth-order valence-corrected chi connectivity index (χ4v) is 2.93. The van der Waals surface area contributed by atoms with Crippen LogP contribution in [0.4, 0.5) is 0 Å². The maximum absolute atomic E-state index is 9.58. The van der Waals surface area contributed by atoms with Crippen LogP contribution in [0.3, 0.4) is 0 Å². The van der Waals surface area contributed by atoms with Gasteiger partial charge in [-0.1, -0.05) is 13.0 Å². The first-order chi connectivity index (χ1) is 10.3. The maximum atomic E-state index is 9.58. The van der Waals surface area contributed by atoms with Crippen LogP contribution in [0.5, 0.6) is 11.5 Å². The lowest BCUT2D eigenvalue weighted by atomic mass is 10.0. The number of nitriles is 1. The minimum Gasteiger partial charge on any atom is -0.486 e. The van der Waals surface area contributed by atoms with Gasteiger partial charge in [-0.2, -0.15) is 5.26 Å². The molecule has 1 atom stereocenters. The van der Waals surface area contributed by atoms with E-state index in [4.69, 9.17) is 9.47 Å². The molecule has 2 heterocycles. The lowest BCUT2D eigenvalue weighted by molar-refractivity contribution is 0.118. The number of likely N-dealkylation sites (N-methyl/N-ethyl adjacent to an activating group) is 1. The first-order valence-corrected chi connectivity index (χ1v) is 7.57. The van der Waals surface area contributed by atoms with Gasteiger partial charge in [0.05, 0.1) is 6.07 Å². The average molecular weight is 287 g/mol. The van der Waals surface area contributed by atoms with Crippen LogP contribution in [-0.4, -0.2) is 55.7 Å². The Bertz CT molecular complexity index is 533. The van der Waals surface area contributed by atoms with Crippen LogP contribution in [0, 0.1) is 11.3 Å². The molecular weight excluding hydrogens is 266 g/mol. The summed E-state index contributed by atoms with van der Waals surface area (Å²) in [6, 6.07) is 8.08. The van der Waals surface area contributed by atoms with E-state index in [9.17, 15) is 5.26 Å². The van der Waals surface area contributed by atoms with E-state index in [1.54, 1.807) is 0 Å². The van der Waals surface area contributed by atoms with E-state index in [-0.39, 0.29) is 6.04 Å². The lowest BCUT2D eigenvalue weighted by Gasteiger charge is -2.36. The smallest absolute Gasteiger partial charge is 0.161 e. The van der Waals surface area contributed by atoms with Crippen molar-refractivity contribution in [2.75, 3.05) is 45.9 Å². The molecule has 0 amide bonds. The number of benzene rings is 1. The highest BCUT2D eigenvalue weighted by molar-refractivity contribution is 5.45. The highest BCUT2D eigenvalue weighted by Crippen LogP contribution is 2.34. The molecule has 5 heteroatoms. The van der Waals surface area contributed by atoms with Crippen LogP contribution < -0.4 is 9.47 Å². The van der Waals surface area contributed by atoms with Gasteiger partial charge in [-0.05, 0) is 24.2 Å². The number of fused-ring (bicyclic) bond motifs is 1. The third kappa shape index (κ3) is 2.97. The molecule has 1 aromatic carbocycles. The van der Waals surface area contributed by atoms with E-state index in [0.717, 1.165) is 49.8 Å². The Kier molecular flexibility index (Phi) is 4.28. The van der Waals surface area contributed by atoms with E-state index in [0.29, 0.717) is 13.2 Å². The summed E-state index contributed by atoms with van der Waals surface area (Å²) in [5.41, 5.74) is 0.992. The Morgan fingerprint density at radius 3 is 2.52 bits per heavy atom. The first-order valence-electron chi connectivity index (χ1n) is 7.57. The third-order valence-electron chi connectivity index (χ3n) is 4.22. The molecule has 1 unspecified atom stereocenters. The van der Waals surface area contributed by atoms with Gasteiger partial charge in [-0.15, -0.1) is 0 Å². The predicted molar refractivity (Wildman–Crippen MR) is 79.5 cm³/mol. The van der Waals surface area contributed by atoms with Gasteiger partial charge in [0.2, 0.25) is 0 Å². The van der Waals surface area contributed by atoms with Crippen molar-refractivity contribution in [2.45, 2.75) is 13.0 Å². The topological polar surface area (TPSA) is 48.7 Å². The van der Waals surface area contributed by atoms with Gasteiger partial charge in [0, 0.05) is 26.2 Å². The number of ether oxygens (including phenoxy) is 2. The molecule has 1 saturated heterocycles. The summed E-state index contributed by atoms with van der Waals surface area (Å²) in [7, 11) is 0. The molecule has 5 nitrogen and oxygen atoms in total. The van der Waals surface area contributed by atoms with Gasteiger partial charge in [0.1, 0.15) is 19.3 Å². The second-order valence-corrected chi connectivity index (χ2v) is 5.40. The monoisotopic (exact) mass is 287 g/mol. The minimum absolute atomic E-state index is 0.208. The Hall–Kier alpha value is -1.77. The fourth-order valence-electron chi connectivity index (χ4n) is 2.93. The van der Waals surface area contributed by atoms with Gasteiger partial charge < -0.3 is 14.4 Å². The summed E-state index contributed by atoms with van der Waals surface area (Å²) in [6.07, 6.45) is 0. The zero-order valence-corrected chi connectivity index (χ0v) is 12.4. The molecular formula is C16H21N3O2. The van der Waals surface area contributed by atoms with Crippen LogP contribution in [-0.2, 0) is 0 Å². The summed E-state index contributed by atoms with van der Waals surface area (Å²) in [6.45, 7) is 8.34. The lowest BCUT2D eigenvalue weighted by Crippen LogP contribution is -2.47. The molecule has 0 saturated carbocycles. The Morgan fingerprint density at radius 2 is 1.86 bits per heavy atom. The van der Waals surface area contributed by atoms with Crippen LogP contribution in [0.25, 0.3) is 0 Å². The molecule has 1 aromatic rings. The molecule has 0 N–H and O–H groups in total. The van der Waals surface area contributed by atoms with Crippen molar-refractivity contribution < 1.29 is 9.47 Å². The number of piperazine rings is 1. The van der Waals surface area contributed by atoms with Crippen molar-refractivity contribution in [3.8, 4) is 17.6 Å². The molecule has 0 spiro atoms. The Labute approximate surface area is 125 Å². The fraction of sp³-hybridized carbons (Fsp3) is 0.562. The Balaban J connectivity index is 1.76.